The number of aromatic nitrogens is 2. The number of H-pyrrole nitrogens is 1. The van der Waals surface area contributed by atoms with E-state index in [9.17, 15) is 14.4 Å². The summed E-state index contributed by atoms with van der Waals surface area (Å²) in [6, 6.07) is 11.9. The van der Waals surface area contributed by atoms with E-state index in [4.69, 9.17) is 4.74 Å². The number of halogens is 1. The maximum Gasteiger partial charge on any atom is 0.359 e. The predicted molar refractivity (Wildman–Crippen MR) is 100 cm³/mol. The van der Waals surface area contributed by atoms with E-state index in [1.807, 2.05) is 13.0 Å². The number of amides is 1. The number of esters is 1. The summed E-state index contributed by atoms with van der Waals surface area (Å²) < 4.78 is 5.95. The lowest BCUT2D eigenvalue weighted by Gasteiger charge is -2.08. The Hall–Kier alpha value is -3.00. The van der Waals surface area contributed by atoms with Crippen LogP contribution < -0.4 is 10.9 Å². The van der Waals surface area contributed by atoms with Gasteiger partial charge in [-0.3, -0.25) is 9.59 Å². The lowest BCUT2D eigenvalue weighted by molar-refractivity contribution is -0.119. The maximum atomic E-state index is 12.2. The van der Waals surface area contributed by atoms with E-state index in [1.54, 1.807) is 36.4 Å². The predicted octanol–water partition coefficient (Wildman–Crippen LogP) is 2.79. The number of fused-ring (bicyclic) bond motifs is 1. The van der Waals surface area contributed by atoms with Crippen molar-refractivity contribution in [1.82, 2.24) is 10.2 Å². The van der Waals surface area contributed by atoms with Crippen molar-refractivity contribution in [2.45, 2.75) is 6.92 Å². The third-order valence-corrected chi connectivity index (χ3v) is 4.56. The number of nitrogens with one attached hydrogen (secondary N) is 2. The summed E-state index contributed by atoms with van der Waals surface area (Å²) >= 11 is 3.38. The van der Waals surface area contributed by atoms with Crippen LogP contribution in [0.4, 0.5) is 5.69 Å². The molecule has 3 rings (SSSR count). The summed E-state index contributed by atoms with van der Waals surface area (Å²) in [7, 11) is 0. The van der Waals surface area contributed by atoms with Gasteiger partial charge in [0, 0.05) is 15.5 Å². The molecule has 1 heterocycles. The van der Waals surface area contributed by atoms with Gasteiger partial charge in [0.15, 0.2) is 12.3 Å². The molecule has 0 unspecified atom stereocenters. The Balaban J connectivity index is 1.69. The zero-order valence-corrected chi connectivity index (χ0v) is 15.3. The number of anilines is 1. The van der Waals surface area contributed by atoms with Gasteiger partial charge in [0.2, 0.25) is 0 Å². The Kier molecular flexibility index (Phi) is 5.13. The van der Waals surface area contributed by atoms with E-state index in [1.165, 1.54) is 0 Å². The number of carbonyl (C=O) groups excluding carboxylic acids is 2. The Morgan fingerprint density at radius 3 is 2.65 bits per heavy atom. The van der Waals surface area contributed by atoms with Crippen LogP contribution in [0.2, 0.25) is 0 Å². The van der Waals surface area contributed by atoms with Crippen LogP contribution in [0.15, 0.2) is 51.7 Å². The third-order valence-electron chi connectivity index (χ3n) is 3.67. The lowest BCUT2D eigenvalue weighted by atomic mass is 10.1. The summed E-state index contributed by atoms with van der Waals surface area (Å²) in [6.45, 7) is 1.43. The molecule has 0 saturated carbocycles. The number of nitrogens with zero attached hydrogens (tertiary/aromatic N) is 1. The molecule has 0 saturated heterocycles. The number of benzene rings is 2. The topological polar surface area (TPSA) is 101 Å². The number of aryl methyl sites for hydroxylation is 1. The van der Waals surface area contributed by atoms with E-state index in [0.29, 0.717) is 16.5 Å². The molecule has 0 aliphatic heterocycles. The first kappa shape index (κ1) is 17.8. The molecule has 0 radical (unpaired) electrons. The smallest absolute Gasteiger partial charge is 0.359 e. The fourth-order valence-corrected chi connectivity index (χ4v) is 2.64. The van der Waals surface area contributed by atoms with Gasteiger partial charge in [0.05, 0.1) is 5.39 Å². The first-order valence-electron chi connectivity index (χ1n) is 7.66. The summed E-state index contributed by atoms with van der Waals surface area (Å²) in [6.07, 6.45) is 0. The average molecular weight is 416 g/mol. The van der Waals surface area contributed by atoms with E-state index < -0.39 is 24.0 Å². The van der Waals surface area contributed by atoms with Crippen molar-refractivity contribution in [2.24, 2.45) is 0 Å². The second-order valence-corrected chi connectivity index (χ2v) is 6.39. The normalized spacial score (nSPS) is 10.5. The summed E-state index contributed by atoms with van der Waals surface area (Å²) in [4.78, 5) is 36.0. The fraction of sp³-hybridized carbons (Fsp3) is 0.111. The minimum atomic E-state index is -0.792. The van der Waals surface area contributed by atoms with Gasteiger partial charge < -0.3 is 10.1 Å². The largest absolute Gasteiger partial charge is 0.451 e. The van der Waals surface area contributed by atoms with Crippen molar-refractivity contribution >= 4 is 44.3 Å². The number of rotatable bonds is 4. The van der Waals surface area contributed by atoms with Crippen LogP contribution in [0.3, 0.4) is 0 Å². The first-order chi connectivity index (χ1) is 12.5. The molecule has 0 bridgehead atoms. The molecule has 2 N–H and O–H groups in total. The second-order valence-electron chi connectivity index (χ2n) is 5.54. The van der Waals surface area contributed by atoms with Crippen molar-refractivity contribution in [1.29, 1.82) is 0 Å². The van der Waals surface area contributed by atoms with Crippen LogP contribution in [0, 0.1) is 6.92 Å². The van der Waals surface area contributed by atoms with Crippen molar-refractivity contribution in [3.8, 4) is 0 Å². The zero-order chi connectivity index (χ0) is 18.7. The van der Waals surface area contributed by atoms with Gasteiger partial charge in [0.25, 0.3) is 11.5 Å². The number of hydrogen-bond donors (Lipinski definition) is 2. The third kappa shape index (κ3) is 3.80. The SMILES string of the molecule is Cc1cc(NC(=O)COC(=O)c2n[nH]c(=O)c3ccccc23)ccc1Br. The molecule has 0 aliphatic carbocycles. The van der Waals surface area contributed by atoms with Gasteiger partial charge in [-0.2, -0.15) is 5.10 Å². The highest BCUT2D eigenvalue weighted by atomic mass is 79.9. The monoisotopic (exact) mass is 415 g/mol. The van der Waals surface area contributed by atoms with Gasteiger partial charge in [-0.1, -0.05) is 34.1 Å². The Labute approximate surface area is 156 Å². The minimum absolute atomic E-state index is 0.0486. The standard InChI is InChI=1S/C18H14BrN3O4/c1-10-8-11(6-7-14(10)19)20-15(23)9-26-18(25)16-12-4-2-3-5-13(12)17(24)22-21-16/h2-8H,9H2,1H3,(H,20,23)(H,22,24). The average Bonchev–Trinajstić information content (AvgIpc) is 2.63. The Morgan fingerprint density at radius 1 is 1.19 bits per heavy atom. The van der Waals surface area contributed by atoms with Crippen LogP contribution in [-0.4, -0.2) is 28.7 Å². The van der Waals surface area contributed by atoms with Gasteiger partial charge in [0.1, 0.15) is 0 Å². The van der Waals surface area contributed by atoms with Crippen LogP contribution in [0.25, 0.3) is 10.8 Å². The molecule has 7 nitrogen and oxygen atoms in total. The Morgan fingerprint density at radius 2 is 1.92 bits per heavy atom. The van der Waals surface area contributed by atoms with Crippen molar-refractivity contribution in [2.75, 3.05) is 11.9 Å². The highest BCUT2D eigenvalue weighted by Gasteiger charge is 2.16. The van der Waals surface area contributed by atoms with Crippen LogP contribution >= 0.6 is 15.9 Å². The molecule has 132 valence electrons. The van der Waals surface area contributed by atoms with Gasteiger partial charge in [-0.15, -0.1) is 0 Å². The quantitative estimate of drug-likeness (QED) is 0.637. The number of carbonyl (C=O) groups is 2. The maximum absolute atomic E-state index is 12.2. The lowest BCUT2D eigenvalue weighted by Crippen LogP contribution is -2.22. The highest BCUT2D eigenvalue weighted by molar-refractivity contribution is 9.10. The number of ether oxygens (including phenoxy) is 1. The molecule has 0 aliphatic rings. The van der Waals surface area contributed by atoms with E-state index in [0.717, 1.165) is 10.0 Å². The number of aromatic amines is 1. The number of hydrogen-bond acceptors (Lipinski definition) is 5. The molecular weight excluding hydrogens is 402 g/mol. The molecule has 1 aromatic heterocycles. The second kappa shape index (κ2) is 7.49. The molecule has 2 aromatic carbocycles. The molecule has 3 aromatic rings. The zero-order valence-electron chi connectivity index (χ0n) is 13.7. The van der Waals surface area contributed by atoms with Crippen LogP contribution in [-0.2, 0) is 9.53 Å². The van der Waals surface area contributed by atoms with Crippen molar-refractivity contribution < 1.29 is 14.3 Å². The Bertz CT molecular complexity index is 1060. The first-order valence-corrected chi connectivity index (χ1v) is 8.45. The molecule has 0 atom stereocenters. The van der Waals surface area contributed by atoms with E-state index in [-0.39, 0.29) is 5.69 Å². The summed E-state index contributed by atoms with van der Waals surface area (Å²) in [5.74, 6) is -1.27. The molecular formula is C18H14BrN3O4. The van der Waals surface area contributed by atoms with Crippen LogP contribution in [0.5, 0.6) is 0 Å². The van der Waals surface area contributed by atoms with Gasteiger partial charge in [-0.05, 0) is 36.8 Å². The molecule has 1 amide bonds. The van der Waals surface area contributed by atoms with Crippen molar-refractivity contribution in [3.05, 3.63) is 68.5 Å². The van der Waals surface area contributed by atoms with E-state index in [2.05, 4.69) is 31.4 Å². The summed E-state index contributed by atoms with van der Waals surface area (Å²) in [5.41, 5.74) is 1.11. The molecule has 0 fully saturated rings. The molecule has 0 spiro atoms. The molecule has 26 heavy (non-hydrogen) atoms. The molecule has 8 heteroatoms. The highest BCUT2D eigenvalue weighted by Crippen LogP contribution is 2.20. The summed E-state index contributed by atoms with van der Waals surface area (Å²) in [5, 5.41) is 9.33. The fourth-order valence-electron chi connectivity index (χ4n) is 2.39. The minimum Gasteiger partial charge on any atom is -0.451 e. The van der Waals surface area contributed by atoms with Crippen molar-refractivity contribution in [3.63, 3.8) is 0 Å². The van der Waals surface area contributed by atoms with E-state index >= 15 is 0 Å². The van der Waals surface area contributed by atoms with Gasteiger partial charge in [-0.25, -0.2) is 9.89 Å². The van der Waals surface area contributed by atoms with Gasteiger partial charge >= 0.3 is 5.97 Å². The van der Waals surface area contributed by atoms with Crippen LogP contribution in [0.1, 0.15) is 16.1 Å².